The first-order valence-electron chi connectivity index (χ1n) is 10.9. The largest absolute Gasteiger partial charge is 0.350 e. The minimum Gasteiger partial charge on any atom is -0.350 e. The van der Waals surface area contributed by atoms with E-state index in [-0.39, 0.29) is 17.8 Å². The third-order valence-corrected chi connectivity index (χ3v) is 5.10. The van der Waals surface area contributed by atoms with E-state index in [1.165, 1.54) is 0 Å². The summed E-state index contributed by atoms with van der Waals surface area (Å²) < 4.78 is 0. The van der Waals surface area contributed by atoms with Crippen LogP contribution in [0.25, 0.3) is 10.8 Å². The molecule has 0 fully saturated rings. The fraction of sp³-hybridized carbons (Fsp3) is 0.269. The lowest BCUT2D eigenvalue weighted by molar-refractivity contribution is -0.123. The number of fused-ring (bicyclic) bond motifs is 1. The highest BCUT2D eigenvalue weighted by molar-refractivity contribution is 5.97. The maximum Gasteiger partial charge on any atom is 0.315 e. The second-order valence-corrected chi connectivity index (χ2v) is 8.79. The average molecular weight is 447 g/mol. The molecule has 0 saturated carbocycles. The molecule has 3 aromatic carbocycles. The topological polar surface area (TPSA) is 99.3 Å². The van der Waals surface area contributed by atoms with Crippen molar-refractivity contribution in [3.8, 4) is 0 Å². The quantitative estimate of drug-likeness (QED) is 0.412. The Kier molecular flexibility index (Phi) is 7.66. The molecule has 0 aliphatic rings. The molecule has 0 bridgehead atoms. The molecule has 0 aliphatic carbocycles. The molecule has 7 heteroatoms. The maximum atomic E-state index is 12.3. The Bertz CT molecular complexity index is 1130. The molecule has 3 rings (SSSR count). The van der Waals surface area contributed by atoms with E-state index in [2.05, 4.69) is 21.3 Å². The number of hydrogen-bond donors (Lipinski definition) is 4. The van der Waals surface area contributed by atoms with Crippen LogP contribution in [0.4, 0.5) is 10.5 Å². The Morgan fingerprint density at radius 1 is 0.758 bits per heavy atom. The predicted octanol–water partition coefficient (Wildman–Crippen LogP) is 4.05. The number of rotatable bonds is 7. The Hall–Kier alpha value is -3.87. The zero-order chi connectivity index (χ0) is 23.8. The van der Waals surface area contributed by atoms with Gasteiger partial charge in [-0.05, 0) is 40.6 Å². The van der Waals surface area contributed by atoms with Crippen LogP contribution in [0.5, 0.6) is 0 Å². The third kappa shape index (κ3) is 6.80. The predicted molar refractivity (Wildman–Crippen MR) is 131 cm³/mol. The second kappa shape index (κ2) is 10.6. The zero-order valence-corrected chi connectivity index (χ0v) is 19.2. The summed E-state index contributed by atoms with van der Waals surface area (Å²) >= 11 is 0. The van der Waals surface area contributed by atoms with E-state index in [1.54, 1.807) is 24.3 Å². The van der Waals surface area contributed by atoms with E-state index in [0.29, 0.717) is 30.9 Å². The van der Waals surface area contributed by atoms with Gasteiger partial charge in [-0.15, -0.1) is 0 Å². The molecule has 0 unspecified atom stereocenters. The summed E-state index contributed by atoms with van der Waals surface area (Å²) in [6, 6.07) is 20.4. The van der Waals surface area contributed by atoms with Gasteiger partial charge >= 0.3 is 6.03 Å². The lowest BCUT2D eigenvalue weighted by Gasteiger charge is -2.17. The number of carbonyl (C=O) groups excluding carboxylic acids is 3. The normalized spacial score (nSPS) is 11.0. The van der Waals surface area contributed by atoms with E-state index < -0.39 is 5.41 Å². The first kappa shape index (κ1) is 23.8. The number of hydrogen-bond acceptors (Lipinski definition) is 3. The number of nitrogens with one attached hydrogen (secondary N) is 4. The van der Waals surface area contributed by atoms with Crippen LogP contribution < -0.4 is 21.3 Å². The van der Waals surface area contributed by atoms with Gasteiger partial charge in [-0.1, -0.05) is 63.2 Å². The summed E-state index contributed by atoms with van der Waals surface area (Å²) in [4.78, 5) is 36.4. The van der Waals surface area contributed by atoms with Crippen molar-refractivity contribution in [1.82, 2.24) is 16.0 Å². The van der Waals surface area contributed by atoms with Gasteiger partial charge in [0.15, 0.2) is 0 Å². The SMILES string of the molecule is CC(C)(C)C(=O)Nc1ccc(C(=O)NCCNC(=O)NCc2cccc3ccccc23)cc1. The highest BCUT2D eigenvalue weighted by Crippen LogP contribution is 2.19. The molecule has 33 heavy (non-hydrogen) atoms. The van der Waals surface area contributed by atoms with Crippen molar-refractivity contribution in [3.63, 3.8) is 0 Å². The van der Waals surface area contributed by atoms with E-state index in [1.807, 2.05) is 63.2 Å². The fourth-order valence-electron chi connectivity index (χ4n) is 3.16. The molecule has 3 aromatic rings. The summed E-state index contributed by atoms with van der Waals surface area (Å²) in [6.07, 6.45) is 0. The van der Waals surface area contributed by atoms with Crippen molar-refractivity contribution in [2.75, 3.05) is 18.4 Å². The molecule has 0 saturated heterocycles. The Morgan fingerprint density at radius 2 is 1.42 bits per heavy atom. The first-order chi connectivity index (χ1) is 15.7. The standard InChI is InChI=1S/C26H30N4O3/c1-26(2,3)24(32)30-21-13-11-19(12-14-21)23(31)27-15-16-28-25(33)29-17-20-9-6-8-18-7-4-5-10-22(18)20/h4-14H,15-17H2,1-3H3,(H,27,31)(H,30,32)(H2,28,29,33). The number of urea groups is 1. The van der Waals surface area contributed by atoms with Crippen LogP contribution in [-0.2, 0) is 11.3 Å². The Balaban J connectivity index is 1.39. The van der Waals surface area contributed by atoms with Gasteiger partial charge in [-0.3, -0.25) is 9.59 Å². The first-order valence-corrected chi connectivity index (χ1v) is 10.9. The van der Waals surface area contributed by atoms with Crippen LogP contribution in [0, 0.1) is 5.41 Å². The molecule has 4 amide bonds. The van der Waals surface area contributed by atoms with Gasteiger partial charge in [0.2, 0.25) is 5.91 Å². The van der Waals surface area contributed by atoms with E-state index in [0.717, 1.165) is 16.3 Å². The van der Waals surface area contributed by atoms with Crippen LogP contribution in [0.15, 0.2) is 66.7 Å². The van der Waals surface area contributed by atoms with Crippen LogP contribution >= 0.6 is 0 Å². The summed E-state index contributed by atoms with van der Waals surface area (Å²) in [7, 11) is 0. The molecular weight excluding hydrogens is 416 g/mol. The van der Waals surface area contributed by atoms with Gasteiger partial charge in [0.1, 0.15) is 0 Å². The molecule has 0 spiro atoms. The average Bonchev–Trinajstić information content (AvgIpc) is 2.80. The second-order valence-electron chi connectivity index (χ2n) is 8.79. The lowest BCUT2D eigenvalue weighted by Crippen LogP contribution is -2.40. The maximum absolute atomic E-state index is 12.3. The van der Waals surface area contributed by atoms with Gasteiger partial charge in [0.05, 0.1) is 0 Å². The monoisotopic (exact) mass is 446 g/mol. The van der Waals surface area contributed by atoms with E-state index in [4.69, 9.17) is 0 Å². The van der Waals surface area contributed by atoms with Crippen molar-refractivity contribution < 1.29 is 14.4 Å². The molecule has 0 radical (unpaired) electrons. The molecule has 0 heterocycles. The van der Waals surface area contributed by atoms with Crippen molar-refractivity contribution in [1.29, 1.82) is 0 Å². The van der Waals surface area contributed by atoms with Crippen LogP contribution in [0.1, 0.15) is 36.7 Å². The van der Waals surface area contributed by atoms with Crippen molar-refractivity contribution in [2.24, 2.45) is 5.41 Å². The molecule has 172 valence electrons. The molecule has 0 aliphatic heterocycles. The molecule has 4 N–H and O–H groups in total. The van der Waals surface area contributed by atoms with Gasteiger partial charge in [0, 0.05) is 36.3 Å². The lowest BCUT2D eigenvalue weighted by atomic mass is 9.95. The summed E-state index contributed by atoms with van der Waals surface area (Å²) in [5.74, 6) is -0.342. The number of carbonyl (C=O) groups is 3. The molecule has 7 nitrogen and oxygen atoms in total. The third-order valence-electron chi connectivity index (χ3n) is 5.10. The fourth-order valence-corrected chi connectivity index (χ4v) is 3.16. The van der Waals surface area contributed by atoms with Crippen LogP contribution in [0.2, 0.25) is 0 Å². The van der Waals surface area contributed by atoms with E-state index in [9.17, 15) is 14.4 Å². The highest BCUT2D eigenvalue weighted by Gasteiger charge is 2.21. The van der Waals surface area contributed by atoms with Gasteiger partial charge in [0.25, 0.3) is 5.91 Å². The van der Waals surface area contributed by atoms with Gasteiger partial charge < -0.3 is 21.3 Å². The van der Waals surface area contributed by atoms with Crippen LogP contribution in [0.3, 0.4) is 0 Å². The number of benzene rings is 3. The summed E-state index contributed by atoms with van der Waals surface area (Å²) in [5, 5.41) is 13.4. The van der Waals surface area contributed by atoms with Crippen molar-refractivity contribution in [3.05, 3.63) is 77.9 Å². The van der Waals surface area contributed by atoms with Gasteiger partial charge in [-0.25, -0.2) is 4.79 Å². The molecular formula is C26H30N4O3. The smallest absolute Gasteiger partial charge is 0.315 e. The number of amides is 4. The van der Waals surface area contributed by atoms with E-state index >= 15 is 0 Å². The zero-order valence-electron chi connectivity index (χ0n) is 19.2. The highest BCUT2D eigenvalue weighted by atomic mass is 16.2. The summed E-state index contributed by atoms with van der Waals surface area (Å²) in [5.41, 5.74) is 1.66. The van der Waals surface area contributed by atoms with Crippen molar-refractivity contribution in [2.45, 2.75) is 27.3 Å². The molecule has 0 aromatic heterocycles. The summed E-state index contributed by atoms with van der Waals surface area (Å²) in [6.45, 7) is 6.51. The van der Waals surface area contributed by atoms with Crippen LogP contribution in [-0.4, -0.2) is 30.9 Å². The van der Waals surface area contributed by atoms with Gasteiger partial charge in [-0.2, -0.15) is 0 Å². The Morgan fingerprint density at radius 3 is 2.15 bits per heavy atom. The number of anilines is 1. The minimum atomic E-state index is -0.496. The molecule has 0 atom stereocenters. The Labute approximate surface area is 194 Å². The minimum absolute atomic E-state index is 0.0931. The van der Waals surface area contributed by atoms with Crippen molar-refractivity contribution >= 4 is 34.3 Å².